The third-order valence-corrected chi connectivity index (χ3v) is 6.65. The van der Waals surface area contributed by atoms with Crippen molar-refractivity contribution in [3.63, 3.8) is 0 Å². The molecular weight excluding hydrogens is 310 g/mol. The van der Waals surface area contributed by atoms with E-state index in [1.807, 2.05) is 0 Å². The molecule has 0 aromatic carbocycles. The lowest BCUT2D eigenvalue weighted by molar-refractivity contribution is 0.0465. The van der Waals surface area contributed by atoms with Gasteiger partial charge in [-0.2, -0.15) is 0 Å². The fraction of sp³-hybridized carbons (Fsp3) is 0.952. The van der Waals surface area contributed by atoms with E-state index in [2.05, 4.69) is 43.7 Å². The summed E-state index contributed by atoms with van der Waals surface area (Å²) >= 11 is 0. The van der Waals surface area contributed by atoms with Crippen LogP contribution < -0.4 is 0 Å². The fourth-order valence-electron chi connectivity index (χ4n) is 4.94. The van der Waals surface area contributed by atoms with Crippen LogP contribution in [-0.2, 0) is 0 Å². The van der Waals surface area contributed by atoms with E-state index in [4.69, 9.17) is 4.99 Å². The van der Waals surface area contributed by atoms with Crippen molar-refractivity contribution < 1.29 is 5.11 Å². The maximum atomic E-state index is 10.6. The Morgan fingerprint density at radius 3 is 1.84 bits per heavy atom. The van der Waals surface area contributed by atoms with Crippen LogP contribution in [-0.4, -0.2) is 71.5 Å². The molecular formula is C21H41N3O. The van der Waals surface area contributed by atoms with Crippen molar-refractivity contribution in [3.8, 4) is 0 Å². The molecule has 2 aliphatic carbocycles. The molecule has 25 heavy (non-hydrogen) atoms. The molecule has 0 aromatic rings. The molecule has 0 bridgehead atoms. The van der Waals surface area contributed by atoms with E-state index < -0.39 is 0 Å². The second-order valence-electron chi connectivity index (χ2n) is 7.90. The summed E-state index contributed by atoms with van der Waals surface area (Å²) in [5.41, 5.74) is 0. The van der Waals surface area contributed by atoms with Gasteiger partial charge in [0, 0.05) is 30.3 Å². The lowest BCUT2D eigenvalue weighted by Crippen LogP contribution is -2.43. The Bertz CT molecular complexity index is 385. The summed E-state index contributed by atoms with van der Waals surface area (Å²) in [4.78, 5) is 9.98. The number of aliphatic imine (C=N–C) groups is 1. The fourth-order valence-corrected chi connectivity index (χ4v) is 4.94. The van der Waals surface area contributed by atoms with Crippen LogP contribution in [0.4, 0.5) is 0 Å². The molecule has 4 nitrogen and oxygen atoms in total. The van der Waals surface area contributed by atoms with Crippen molar-refractivity contribution in [1.82, 2.24) is 9.80 Å². The number of rotatable bonds is 8. The first-order chi connectivity index (χ1) is 12.1. The highest BCUT2D eigenvalue weighted by Crippen LogP contribution is 2.29. The van der Waals surface area contributed by atoms with E-state index in [0.29, 0.717) is 12.1 Å². The molecule has 0 spiro atoms. The number of aliphatic hydroxyl groups is 1. The van der Waals surface area contributed by atoms with Gasteiger partial charge in [0.1, 0.15) is 0 Å². The van der Waals surface area contributed by atoms with Gasteiger partial charge in [-0.3, -0.25) is 4.99 Å². The summed E-state index contributed by atoms with van der Waals surface area (Å²) in [6, 6.07) is 1.80. The topological polar surface area (TPSA) is 39.1 Å². The molecule has 3 unspecified atom stereocenters. The van der Waals surface area contributed by atoms with Crippen LogP contribution in [0, 0.1) is 5.92 Å². The zero-order valence-corrected chi connectivity index (χ0v) is 17.0. The number of hydrogen-bond donors (Lipinski definition) is 1. The van der Waals surface area contributed by atoms with Crippen LogP contribution in [0.1, 0.15) is 72.6 Å². The number of nitrogens with zero attached hydrogens (tertiary/aromatic N) is 3. The van der Waals surface area contributed by atoms with Gasteiger partial charge >= 0.3 is 0 Å². The van der Waals surface area contributed by atoms with E-state index in [0.717, 1.165) is 45.1 Å². The third-order valence-electron chi connectivity index (χ3n) is 6.65. The summed E-state index contributed by atoms with van der Waals surface area (Å²) in [5, 5.41) is 10.6. The Morgan fingerprint density at radius 1 is 0.800 bits per heavy atom. The Hall–Kier alpha value is -0.450. The van der Waals surface area contributed by atoms with Crippen molar-refractivity contribution in [2.45, 2.75) is 96.9 Å². The number of aliphatic hydroxyl groups excluding tert-OH is 1. The molecule has 4 heteroatoms. The van der Waals surface area contributed by atoms with E-state index in [1.54, 1.807) is 0 Å². The predicted molar refractivity (Wildman–Crippen MR) is 108 cm³/mol. The molecule has 0 aliphatic heterocycles. The van der Waals surface area contributed by atoms with Crippen LogP contribution in [0.3, 0.4) is 0 Å². The van der Waals surface area contributed by atoms with Gasteiger partial charge in [-0.15, -0.1) is 0 Å². The summed E-state index contributed by atoms with van der Waals surface area (Å²) in [7, 11) is 0. The maximum Gasteiger partial charge on any atom is 0.0632 e. The molecule has 2 rings (SSSR count). The van der Waals surface area contributed by atoms with Crippen molar-refractivity contribution >= 4 is 6.21 Å². The average Bonchev–Trinajstić information content (AvgIpc) is 2.64. The Morgan fingerprint density at radius 2 is 1.32 bits per heavy atom. The quantitative estimate of drug-likeness (QED) is 0.679. The monoisotopic (exact) mass is 351 g/mol. The summed E-state index contributed by atoms with van der Waals surface area (Å²) < 4.78 is 0. The predicted octanol–water partition coefficient (Wildman–Crippen LogP) is 3.58. The van der Waals surface area contributed by atoms with Gasteiger partial charge in [-0.25, -0.2) is 0 Å². The highest BCUT2D eigenvalue weighted by atomic mass is 16.3. The smallest absolute Gasteiger partial charge is 0.0632 e. The minimum atomic E-state index is -0.213. The zero-order valence-electron chi connectivity index (χ0n) is 17.0. The minimum Gasteiger partial charge on any atom is -0.392 e. The van der Waals surface area contributed by atoms with Crippen molar-refractivity contribution in [2.24, 2.45) is 10.9 Å². The van der Waals surface area contributed by atoms with E-state index >= 15 is 0 Å². The Labute approximate surface area is 155 Å². The molecule has 2 saturated carbocycles. The Kier molecular flexibility index (Phi) is 8.88. The van der Waals surface area contributed by atoms with Crippen LogP contribution in [0.2, 0.25) is 0 Å². The molecule has 2 aliphatic rings. The second-order valence-corrected chi connectivity index (χ2v) is 7.90. The lowest BCUT2D eigenvalue weighted by atomic mass is 9.83. The highest BCUT2D eigenvalue weighted by molar-refractivity contribution is 5.62. The Balaban J connectivity index is 1.77. The summed E-state index contributed by atoms with van der Waals surface area (Å²) in [6.07, 6.45) is 10.1. The molecule has 0 saturated heterocycles. The molecule has 1 N–H and O–H groups in total. The summed E-state index contributed by atoms with van der Waals surface area (Å²) in [6.45, 7) is 13.5. The average molecular weight is 352 g/mol. The van der Waals surface area contributed by atoms with Gasteiger partial charge in [0.05, 0.1) is 6.10 Å². The highest BCUT2D eigenvalue weighted by Gasteiger charge is 2.31. The second kappa shape index (κ2) is 10.6. The first-order valence-electron chi connectivity index (χ1n) is 10.8. The first kappa shape index (κ1) is 20.9. The molecule has 0 radical (unpaired) electrons. The molecule has 0 amide bonds. The van der Waals surface area contributed by atoms with Crippen LogP contribution in [0.5, 0.6) is 0 Å². The van der Waals surface area contributed by atoms with Crippen molar-refractivity contribution in [3.05, 3.63) is 0 Å². The van der Waals surface area contributed by atoms with E-state index in [9.17, 15) is 5.11 Å². The standard InChI is InChI=1S/C21H41N3O/c1-5-23(6-2)19-13-10-18(11-14-19)22-16-17-9-12-20(15-21(17)25)24(7-3)8-4/h16-21,25H,5-15H2,1-4H3. The van der Waals surface area contributed by atoms with Gasteiger partial charge in [-0.1, -0.05) is 27.7 Å². The van der Waals surface area contributed by atoms with Gasteiger partial charge in [0.25, 0.3) is 0 Å². The molecule has 0 heterocycles. The van der Waals surface area contributed by atoms with Gasteiger partial charge in [0.15, 0.2) is 0 Å². The van der Waals surface area contributed by atoms with Gasteiger partial charge < -0.3 is 14.9 Å². The molecule has 2 fully saturated rings. The SMILES string of the molecule is CCN(CC)C1CCC(N=CC2CCC(N(CC)CC)CC2O)CC1. The van der Waals surface area contributed by atoms with E-state index in [-0.39, 0.29) is 12.0 Å². The lowest BCUT2D eigenvalue weighted by Gasteiger charge is -2.38. The van der Waals surface area contributed by atoms with Gasteiger partial charge in [-0.05, 0) is 71.1 Å². The largest absolute Gasteiger partial charge is 0.392 e. The molecule has 3 atom stereocenters. The molecule has 146 valence electrons. The first-order valence-corrected chi connectivity index (χ1v) is 10.8. The third kappa shape index (κ3) is 5.77. The van der Waals surface area contributed by atoms with Crippen LogP contribution in [0.15, 0.2) is 4.99 Å². The van der Waals surface area contributed by atoms with Gasteiger partial charge in [0.2, 0.25) is 0 Å². The normalized spacial score (nSPS) is 34.3. The van der Waals surface area contributed by atoms with Crippen molar-refractivity contribution in [2.75, 3.05) is 26.2 Å². The van der Waals surface area contributed by atoms with Crippen LogP contribution in [0.25, 0.3) is 0 Å². The summed E-state index contributed by atoms with van der Waals surface area (Å²) in [5.74, 6) is 0.271. The number of hydrogen-bond acceptors (Lipinski definition) is 4. The maximum absolute atomic E-state index is 10.6. The zero-order chi connectivity index (χ0) is 18.2. The molecule has 0 aromatic heterocycles. The van der Waals surface area contributed by atoms with Crippen LogP contribution >= 0.6 is 0 Å². The van der Waals surface area contributed by atoms with Crippen molar-refractivity contribution in [1.29, 1.82) is 0 Å². The minimum absolute atomic E-state index is 0.213. The van der Waals surface area contributed by atoms with E-state index in [1.165, 1.54) is 32.1 Å².